The standard InChI is InChI=1S/C11H14N4O2/c1-3-9-10(7(2)17-15-9)11(16)12-4-8-5-13-14-6-8/h5-6H,3-4H2,1-2H3,(H,12,16)(H,13,14). The summed E-state index contributed by atoms with van der Waals surface area (Å²) in [6.45, 7) is 4.10. The molecule has 0 bridgehead atoms. The molecule has 0 spiro atoms. The summed E-state index contributed by atoms with van der Waals surface area (Å²) in [5.74, 6) is 0.383. The first-order chi connectivity index (χ1) is 8.22. The Hall–Kier alpha value is -2.11. The molecule has 2 N–H and O–H groups in total. The topological polar surface area (TPSA) is 83.8 Å². The molecule has 0 aromatic carbocycles. The van der Waals surface area contributed by atoms with Gasteiger partial charge in [0.05, 0.1) is 11.9 Å². The highest BCUT2D eigenvalue weighted by Gasteiger charge is 2.18. The molecule has 2 heterocycles. The summed E-state index contributed by atoms with van der Waals surface area (Å²) in [5, 5.41) is 13.1. The van der Waals surface area contributed by atoms with Gasteiger partial charge in [-0.1, -0.05) is 12.1 Å². The summed E-state index contributed by atoms with van der Waals surface area (Å²) in [4.78, 5) is 12.0. The average molecular weight is 234 g/mol. The molecule has 2 aromatic rings. The van der Waals surface area contributed by atoms with E-state index < -0.39 is 0 Å². The summed E-state index contributed by atoms with van der Waals surface area (Å²) in [5.41, 5.74) is 2.15. The van der Waals surface area contributed by atoms with Gasteiger partial charge in [-0.3, -0.25) is 9.89 Å². The predicted molar refractivity (Wildman–Crippen MR) is 60.4 cm³/mol. The van der Waals surface area contributed by atoms with Crippen LogP contribution < -0.4 is 5.32 Å². The van der Waals surface area contributed by atoms with Gasteiger partial charge in [-0.15, -0.1) is 0 Å². The molecule has 0 aliphatic heterocycles. The highest BCUT2D eigenvalue weighted by atomic mass is 16.5. The fourth-order valence-corrected chi connectivity index (χ4v) is 1.60. The van der Waals surface area contributed by atoms with Crippen molar-refractivity contribution < 1.29 is 9.32 Å². The van der Waals surface area contributed by atoms with E-state index >= 15 is 0 Å². The molecular formula is C11H14N4O2. The monoisotopic (exact) mass is 234 g/mol. The minimum atomic E-state index is -0.165. The smallest absolute Gasteiger partial charge is 0.257 e. The second-order valence-electron chi connectivity index (χ2n) is 3.70. The number of aromatic amines is 1. The van der Waals surface area contributed by atoms with Crippen molar-refractivity contribution in [2.75, 3.05) is 0 Å². The van der Waals surface area contributed by atoms with Gasteiger partial charge in [0.1, 0.15) is 11.3 Å². The second-order valence-corrected chi connectivity index (χ2v) is 3.70. The lowest BCUT2D eigenvalue weighted by molar-refractivity contribution is 0.0948. The van der Waals surface area contributed by atoms with Crippen molar-refractivity contribution in [3.8, 4) is 0 Å². The number of hydrogen-bond acceptors (Lipinski definition) is 4. The van der Waals surface area contributed by atoms with Gasteiger partial charge in [-0.25, -0.2) is 0 Å². The molecule has 0 saturated heterocycles. The summed E-state index contributed by atoms with van der Waals surface area (Å²) in [6, 6.07) is 0. The molecular weight excluding hydrogens is 220 g/mol. The van der Waals surface area contributed by atoms with Crippen LogP contribution in [0.2, 0.25) is 0 Å². The molecule has 0 fully saturated rings. The van der Waals surface area contributed by atoms with Crippen LogP contribution in [0.15, 0.2) is 16.9 Å². The molecule has 0 unspecified atom stereocenters. The summed E-state index contributed by atoms with van der Waals surface area (Å²) in [6.07, 6.45) is 4.08. The Labute approximate surface area is 98.4 Å². The fourth-order valence-electron chi connectivity index (χ4n) is 1.60. The third-order valence-electron chi connectivity index (χ3n) is 2.50. The number of nitrogens with one attached hydrogen (secondary N) is 2. The van der Waals surface area contributed by atoms with Crippen molar-refractivity contribution in [3.63, 3.8) is 0 Å². The number of rotatable bonds is 4. The van der Waals surface area contributed by atoms with Crippen LogP contribution in [0, 0.1) is 6.92 Å². The van der Waals surface area contributed by atoms with E-state index in [1.807, 2.05) is 6.92 Å². The third kappa shape index (κ3) is 2.35. The summed E-state index contributed by atoms with van der Waals surface area (Å²) in [7, 11) is 0. The van der Waals surface area contributed by atoms with E-state index in [1.165, 1.54) is 0 Å². The van der Waals surface area contributed by atoms with Gasteiger partial charge in [0, 0.05) is 18.3 Å². The van der Waals surface area contributed by atoms with Crippen molar-refractivity contribution in [2.24, 2.45) is 0 Å². The number of aromatic nitrogens is 3. The number of nitrogens with zero attached hydrogens (tertiary/aromatic N) is 2. The second kappa shape index (κ2) is 4.82. The van der Waals surface area contributed by atoms with Crippen molar-refractivity contribution in [2.45, 2.75) is 26.8 Å². The van der Waals surface area contributed by atoms with Crippen LogP contribution in [0.25, 0.3) is 0 Å². The van der Waals surface area contributed by atoms with Gasteiger partial charge < -0.3 is 9.84 Å². The van der Waals surface area contributed by atoms with E-state index in [1.54, 1.807) is 19.3 Å². The van der Waals surface area contributed by atoms with E-state index in [0.29, 0.717) is 30.0 Å². The lowest BCUT2D eigenvalue weighted by atomic mass is 10.1. The lowest BCUT2D eigenvalue weighted by Crippen LogP contribution is -2.23. The minimum absolute atomic E-state index is 0.165. The van der Waals surface area contributed by atoms with Crippen molar-refractivity contribution in [1.29, 1.82) is 0 Å². The molecule has 17 heavy (non-hydrogen) atoms. The first-order valence-corrected chi connectivity index (χ1v) is 5.43. The molecule has 0 saturated carbocycles. The summed E-state index contributed by atoms with van der Waals surface area (Å²) < 4.78 is 5.02. The fraction of sp³-hybridized carbons (Fsp3) is 0.364. The Morgan fingerprint density at radius 2 is 2.41 bits per heavy atom. The molecule has 6 nitrogen and oxygen atoms in total. The zero-order valence-corrected chi connectivity index (χ0v) is 9.78. The largest absolute Gasteiger partial charge is 0.361 e. The van der Waals surface area contributed by atoms with Crippen LogP contribution in [-0.2, 0) is 13.0 Å². The molecule has 0 atom stereocenters. The number of carbonyl (C=O) groups excluding carboxylic acids is 1. The number of aryl methyl sites for hydroxylation is 2. The maximum Gasteiger partial charge on any atom is 0.257 e. The number of carbonyl (C=O) groups is 1. The molecule has 0 aliphatic carbocycles. The Morgan fingerprint density at radius 1 is 1.59 bits per heavy atom. The Kier molecular flexibility index (Phi) is 3.22. The van der Waals surface area contributed by atoms with Crippen LogP contribution in [0.3, 0.4) is 0 Å². The predicted octanol–water partition coefficient (Wildman–Crippen LogP) is 1.20. The highest BCUT2D eigenvalue weighted by Crippen LogP contribution is 2.13. The maximum atomic E-state index is 12.0. The van der Waals surface area contributed by atoms with Crippen LogP contribution in [0.5, 0.6) is 0 Å². The third-order valence-corrected chi connectivity index (χ3v) is 2.50. The zero-order valence-electron chi connectivity index (χ0n) is 9.78. The van der Waals surface area contributed by atoms with E-state index in [4.69, 9.17) is 4.52 Å². The first-order valence-electron chi connectivity index (χ1n) is 5.43. The highest BCUT2D eigenvalue weighted by molar-refractivity contribution is 5.96. The molecule has 2 rings (SSSR count). The zero-order chi connectivity index (χ0) is 12.3. The minimum Gasteiger partial charge on any atom is -0.361 e. The van der Waals surface area contributed by atoms with E-state index in [-0.39, 0.29) is 5.91 Å². The van der Waals surface area contributed by atoms with Gasteiger partial charge in [0.25, 0.3) is 5.91 Å². The Balaban J connectivity index is 2.06. The Morgan fingerprint density at radius 3 is 3.06 bits per heavy atom. The van der Waals surface area contributed by atoms with Crippen molar-refractivity contribution in [3.05, 3.63) is 35.0 Å². The quantitative estimate of drug-likeness (QED) is 0.832. The van der Waals surface area contributed by atoms with Gasteiger partial charge in [-0.05, 0) is 13.3 Å². The van der Waals surface area contributed by atoms with Gasteiger partial charge in [-0.2, -0.15) is 5.10 Å². The Bertz CT molecular complexity index is 502. The SMILES string of the molecule is CCc1noc(C)c1C(=O)NCc1cn[nH]c1. The normalized spacial score (nSPS) is 10.5. The molecule has 0 aliphatic rings. The summed E-state index contributed by atoms with van der Waals surface area (Å²) >= 11 is 0. The average Bonchev–Trinajstić information content (AvgIpc) is 2.94. The van der Waals surface area contributed by atoms with Gasteiger partial charge in [0.15, 0.2) is 0 Å². The van der Waals surface area contributed by atoms with Crippen LogP contribution in [0.1, 0.15) is 34.3 Å². The van der Waals surface area contributed by atoms with Crippen molar-refractivity contribution >= 4 is 5.91 Å². The lowest BCUT2D eigenvalue weighted by Gasteiger charge is -2.03. The molecule has 0 radical (unpaired) electrons. The molecule has 6 heteroatoms. The van der Waals surface area contributed by atoms with Gasteiger partial charge in [0.2, 0.25) is 0 Å². The van der Waals surface area contributed by atoms with Crippen molar-refractivity contribution in [1.82, 2.24) is 20.7 Å². The number of hydrogen-bond donors (Lipinski definition) is 2. The van der Waals surface area contributed by atoms with E-state index in [0.717, 1.165) is 5.56 Å². The number of H-pyrrole nitrogens is 1. The van der Waals surface area contributed by atoms with E-state index in [9.17, 15) is 4.79 Å². The molecule has 90 valence electrons. The van der Waals surface area contributed by atoms with Crippen LogP contribution >= 0.6 is 0 Å². The first kappa shape index (κ1) is 11.4. The van der Waals surface area contributed by atoms with Gasteiger partial charge >= 0.3 is 0 Å². The number of amides is 1. The van der Waals surface area contributed by atoms with E-state index in [2.05, 4.69) is 20.7 Å². The molecule has 1 amide bonds. The maximum absolute atomic E-state index is 12.0. The van der Waals surface area contributed by atoms with Crippen LogP contribution in [-0.4, -0.2) is 21.3 Å². The van der Waals surface area contributed by atoms with Crippen LogP contribution in [0.4, 0.5) is 0 Å². The molecule has 2 aromatic heterocycles.